The Balaban J connectivity index is 0. The summed E-state index contributed by atoms with van der Waals surface area (Å²) in [6.07, 6.45) is 66.9. The number of aliphatic hydroxyl groups is 3. The van der Waals surface area contributed by atoms with Crippen molar-refractivity contribution in [3.8, 4) is 0 Å². The van der Waals surface area contributed by atoms with Gasteiger partial charge in [-0.05, 0) is 19.3 Å². The molecule has 0 aliphatic heterocycles. The molecule has 0 aliphatic carbocycles. The number of hydrogen-bond donors (Lipinski definition) is 3. The average Bonchev–Trinajstić information content (AvgIpc) is 3.22. The lowest BCUT2D eigenvalue weighted by molar-refractivity contribution is 0.00704. The van der Waals surface area contributed by atoms with E-state index in [0.717, 1.165) is 19.3 Å². The Morgan fingerprint density at radius 1 is 0.211 bits per heavy atom. The zero-order chi connectivity index (χ0) is 41.9. The normalized spacial score (nSPS) is 12.5. The number of rotatable bonds is 49. The molecular formula is C54H112O3. The average molecular weight is 809 g/mol. The second-order valence-corrected chi connectivity index (χ2v) is 18.8. The maximum absolute atomic E-state index is 11.8. The summed E-state index contributed by atoms with van der Waals surface area (Å²) in [6, 6.07) is 0. The summed E-state index contributed by atoms with van der Waals surface area (Å²) in [7, 11) is 0. The highest BCUT2D eigenvalue weighted by atomic mass is 16.3. The van der Waals surface area contributed by atoms with Gasteiger partial charge in [-0.1, -0.05) is 310 Å². The Morgan fingerprint density at radius 2 is 0.333 bits per heavy atom. The van der Waals surface area contributed by atoms with Crippen molar-refractivity contribution in [2.75, 3.05) is 13.2 Å². The molecule has 3 heteroatoms. The maximum Gasteiger partial charge on any atom is 0.0662 e. The molecule has 3 N–H and O–H groups in total. The monoisotopic (exact) mass is 809 g/mol. The van der Waals surface area contributed by atoms with Gasteiger partial charge < -0.3 is 15.3 Å². The second kappa shape index (κ2) is 53.9. The quantitative estimate of drug-likeness (QED) is 0.0537. The highest BCUT2D eigenvalue weighted by molar-refractivity contribution is 4.79. The number of hydrogen-bond acceptors (Lipinski definition) is 3. The van der Waals surface area contributed by atoms with E-state index >= 15 is 0 Å². The van der Waals surface area contributed by atoms with E-state index in [4.69, 9.17) is 10.2 Å². The fourth-order valence-electron chi connectivity index (χ4n) is 8.85. The third-order valence-corrected chi connectivity index (χ3v) is 12.8. The van der Waals surface area contributed by atoms with Gasteiger partial charge in [0.15, 0.2) is 0 Å². The standard InChI is InChI=1S/C52H106O.C2H6O2/c1-4-7-10-13-16-19-22-25-28-30-33-36-39-42-45-48-51-52(53,49-46-43-40-37-34-31-27-24-21-18-15-12-9-6-3)50-47-44-41-38-35-32-29-26-23-20-17-14-11-8-5-2;3-1-2-4/h53H,4-51H2,1-3H3;3-4H,1-2H2. The highest BCUT2D eigenvalue weighted by Crippen LogP contribution is 2.29. The molecule has 0 heterocycles. The Kier molecular flexibility index (Phi) is 55.8. The summed E-state index contributed by atoms with van der Waals surface area (Å²) in [6.45, 7) is 6.68. The Labute approximate surface area is 361 Å². The molecule has 0 radical (unpaired) electrons. The first-order valence-corrected chi connectivity index (χ1v) is 27.0. The van der Waals surface area contributed by atoms with Crippen LogP contribution >= 0.6 is 0 Å². The minimum atomic E-state index is -0.385. The third kappa shape index (κ3) is 53.9. The van der Waals surface area contributed by atoms with Gasteiger partial charge in [0.05, 0.1) is 18.8 Å². The zero-order valence-electron chi connectivity index (χ0n) is 40.2. The molecule has 3 nitrogen and oxygen atoms in total. The number of aliphatic hydroxyl groups excluding tert-OH is 2. The molecule has 346 valence electrons. The SMILES string of the molecule is CCCCCCCCCCCCCCCCCCC(O)(CCCCCCCCCCCCCCCC)CCCCCCCCCCCCCCCCC.OCCO. The topological polar surface area (TPSA) is 60.7 Å². The summed E-state index contributed by atoms with van der Waals surface area (Å²) < 4.78 is 0. The highest BCUT2D eigenvalue weighted by Gasteiger charge is 2.25. The second-order valence-electron chi connectivity index (χ2n) is 18.8. The largest absolute Gasteiger partial charge is 0.394 e. The first-order valence-electron chi connectivity index (χ1n) is 27.0. The molecule has 0 fully saturated rings. The molecule has 0 bridgehead atoms. The van der Waals surface area contributed by atoms with E-state index in [2.05, 4.69) is 20.8 Å². The minimum Gasteiger partial charge on any atom is -0.394 e. The smallest absolute Gasteiger partial charge is 0.0662 e. The molecule has 0 spiro atoms. The molecule has 0 saturated carbocycles. The van der Waals surface area contributed by atoms with E-state index in [1.807, 2.05) is 0 Å². The fraction of sp³-hybridized carbons (Fsp3) is 1.00. The van der Waals surface area contributed by atoms with E-state index in [-0.39, 0.29) is 18.8 Å². The lowest BCUT2D eigenvalue weighted by atomic mass is 9.85. The van der Waals surface area contributed by atoms with Crippen LogP contribution in [0.3, 0.4) is 0 Å². The predicted molar refractivity (Wildman–Crippen MR) is 258 cm³/mol. The van der Waals surface area contributed by atoms with Gasteiger partial charge >= 0.3 is 0 Å². The van der Waals surface area contributed by atoms with Crippen molar-refractivity contribution in [1.82, 2.24) is 0 Å². The maximum atomic E-state index is 11.8. The molecular weight excluding hydrogens is 697 g/mol. The van der Waals surface area contributed by atoms with Gasteiger partial charge in [-0.2, -0.15) is 0 Å². The molecule has 0 aromatic rings. The van der Waals surface area contributed by atoms with Crippen molar-refractivity contribution in [2.45, 2.75) is 335 Å². The van der Waals surface area contributed by atoms with Crippen molar-refractivity contribution in [1.29, 1.82) is 0 Å². The van der Waals surface area contributed by atoms with E-state index in [9.17, 15) is 5.11 Å². The van der Waals surface area contributed by atoms with E-state index < -0.39 is 0 Å². The van der Waals surface area contributed by atoms with Crippen molar-refractivity contribution < 1.29 is 15.3 Å². The molecule has 0 saturated heterocycles. The first-order chi connectivity index (χ1) is 28.1. The van der Waals surface area contributed by atoms with Gasteiger partial charge in [-0.25, -0.2) is 0 Å². The van der Waals surface area contributed by atoms with E-state index in [0.29, 0.717) is 0 Å². The van der Waals surface area contributed by atoms with Crippen LogP contribution in [0, 0.1) is 0 Å². The summed E-state index contributed by atoms with van der Waals surface area (Å²) in [5.74, 6) is 0. The third-order valence-electron chi connectivity index (χ3n) is 12.8. The van der Waals surface area contributed by atoms with Crippen molar-refractivity contribution in [2.24, 2.45) is 0 Å². The summed E-state index contributed by atoms with van der Waals surface area (Å²) in [5, 5.41) is 27.1. The van der Waals surface area contributed by atoms with E-state index in [1.165, 1.54) is 289 Å². The molecule has 57 heavy (non-hydrogen) atoms. The molecule has 0 aromatic heterocycles. The van der Waals surface area contributed by atoms with Crippen LogP contribution < -0.4 is 0 Å². The molecule has 0 aliphatic rings. The molecule has 0 amide bonds. The van der Waals surface area contributed by atoms with Gasteiger partial charge in [0.2, 0.25) is 0 Å². The van der Waals surface area contributed by atoms with Gasteiger partial charge in [-0.3, -0.25) is 0 Å². The van der Waals surface area contributed by atoms with Crippen LogP contribution in [0.4, 0.5) is 0 Å². The summed E-state index contributed by atoms with van der Waals surface area (Å²) in [4.78, 5) is 0. The summed E-state index contributed by atoms with van der Waals surface area (Å²) >= 11 is 0. The van der Waals surface area contributed by atoms with Crippen LogP contribution in [0.2, 0.25) is 0 Å². The van der Waals surface area contributed by atoms with Crippen molar-refractivity contribution in [3.63, 3.8) is 0 Å². The molecule has 1 unspecified atom stereocenters. The van der Waals surface area contributed by atoms with E-state index in [1.54, 1.807) is 0 Å². The van der Waals surface area contributed by atoms with Crippen LogP contribution in [0.15, 0.2) is 0 Å². The zero-order valence-corrected chi connectivity index (χ0v) is 40.2. The van der Waals surface area contributed by atoms with Crippen LogP contribution in [-0.4, -0.2) is 34.1 Å². The van der Waals surface area contributed by atoms with Gasteiger partial charge in [-0.15, -0.1) is 0 Å². The van der Waals surface area contributed by atoms with Crippen molar-refractivity contribution in [3.05, 3.63) is 0 Å². The van der Waals surface area contributed by atoms with Crippen molar-refractivity contribution >= 4 is 0 Å². The molecule has 0 aromatic carbocycles. The predicted octanol–water partition coefficient (Wildman–Crippen LogP) is 18.5. The molecule has 1 atom stereocenters. The van der Waals surface area contributed by atoms with Crippen LogP contribution in [0.5, 0.6) is 0 Å². The minimum absolute atomic E-state index is 0.125. The van der Waals surface area contributed by atoms with Gasteiger partial charge in [0, 0.05) is 0 Å². The number of unbranched alkanes of at least 4 members (excludes halogenated alkanes) is 42. The van der Waals surface area contributed by atoms with Crippen LogP contribution in [0.1, 0.15) is 329 Å². The Hall–Kier alpha value is -0.120. The fourth-order valence-corrected chi connectivity index (χ4v) is 8.85. The summed E-state index contributed by atoms with van der Waals surface area (Å²) in [5.41, 5.74) is -0.385. The lowest BCUT2D eigenvalue weighted by Crippen LogP contribution is -2.28. The van der Waals surface area contributed by atoms with Gasteiger partial charge in [0.25, 0.3) is 0 Å². The van der Waals surface area contributed by atoms with Crippen LogP contribution in [0.25, 0.3) is 0 Å². The first kappa shape index (κ1) is 59.0. The Morgan fingerprint density at radius 3 is 0.456 bits per heavy atom. The Bertz CT molecular complexity index is 665. The van der Waals surface area contributed by atoms with Gasteiger partial charge in [0.1, 0.15) is 0 Å². The van der Waals surface area contributed by atoms with Crippen LogP contribution in [-0.2, 0) is 0 Å². The lowest BCUT2D eigenvalue weighted by Gasteiger charge is -2.29. The molecule has 0 rings (SSSR count).